The van der Waals surface area contributed by atoms with Gasteiger partial charge in [-0.1, -0.05) is 127 Å². The molecule has 13 heteroatoms. The number of rotatable bonds is 6. The van der Waals surface area contributed by atoms with Gasteiger partial charge >= 0.3 is 5.25 Å². The highest BCUT2D eigenvalue weighted by Crippen LogP contribution is 2.98. The molecular weight excluding hydrogens is 701 g/mol. The molecule has 0 fully saturated rings. The van der Waals surface area contributed by atoms with Crippen LogP contribution in [0.5, 0.6) is 0 Å². The zero-order valence-corrected chi connectivity index (χ0v) is 29.9. The van der Waals surface area contributed by atoms with Gasteiger partial charge < -0.3 is 4.98 Å². The van der Waals surface area contributed by atoms with Gasteiger partial charge in [0.05, 0.1) is 0 Å². The first-order valence-electron chi connectivity index (χ1n) is 17.5. The van der Waals surface area contributed by atoms with E-state index in [4.69, 9.17) is 29.9 Å². The Bertz CT molecular complexity index is 2690. The zero-order valence-electron chi connectivity index (χ0n) is 29.1. The minimum Gasteiger partial charge on any atom is -0.324 e. The predicted octanol–water partition coefficient (Wildman–Crippen LogP) is 10.5. The first-order valence-corrected chi connectivity index (χ1v) is 20.3. The molecule has 5 heterocycles. The summed E-state index contributed by atoms with van der Waals surface area (Å²) in [7, 11) is -6.65. The number of nitrogens with one attached hydrogen (secondary N) is 1. The van der Waals surface area contributed by atoms with Gasteiger partial charge in [0, 0.05) is 61.1 Å². The molecule has 0 unspecified atom stereocenters. The summed E-state index contributed by atoms with van der Waals surface area (Å²) in [6.45, 7) is 1.91. The van der Waals surface area contributed by atoms with Crippen molar-refractivity contribution in [3.05, 3.63) is 97.1 Å². The Balaban J connectivity index is 1.62. The van der Waals surface area contributed by atoms with Crippen molar-refractivity contribution in [2.75, 3.05) is 23.9 Å². The van der Waals surface area contributed by atoms with Crippen molar-refractivity contribution in [2.45, 2.75) is 26.0 Å². The summed E-state index contributed by atoms with van der Waals surface area (Å²) in [5, 5.41) is -2.13. The van der Waals surface area contributed by atoms with Crippen LogP contribution in [-0.4, -0.2) is 68.0 Å². The average molecular weight is 735 g/mol. The number of aromatic nitrogens is 8. The number of fused-ring (bicyclic) bond motifs is 20. The molecule has 2 aliphatic heterocycles. The summed E-state index contributed by atoms with van der Waals surface area (Å²) in [6.07, 6.45) is 0. The summed E-state index contributed by atoms with van der Waals surface area (Å²) >= 11 is 0. The number of H-pyrrole nitrogens is 1. The van der Waals surface area contributed by atoms with Gasteiger partial charge in [-0.15, -0.1) is 0 Å². The lowest BCUT2D eigenvalue weighted by molar-refractivity contribution is 0.0539. The summed E-state index contributed by atoms with van der Waals surface area (Å²) in [5.74, 6) is -1.15. The van der Waals surface area contributed by atoms with Crippen molar-refractivity contribution >= 4 is 53.0 Å². The van der Waals surface area contributed by atoms with E-state index in [0.717, 1.165) is 14.7 Å². The molecule has 0 saturated heterocycles. The van der Waals surface area contributed by atoms with Crippen LogP contribution in [0.25, 0.3) is 89.7 Å². The standard InChI is InChI=1S/C40H34F4N8S/c1-4-53(44,5-2,6-3,40(42,43)23-41)52-38-30-21-13-14-22-31(30)39(52)51-37-29-20-12-10-18-27(29)35(49-37)47-33-25-16-8-7-15-24(25)32(45-33)46-34-26-17-9-11-19-28(26)36(48-34)50-38/h7-22H,4-6,23H2,1-3H3,(H,45,46,47,48,49,50,51). The van der Waals surface area contributed by atoms with Gasteiger partial charge in [-0.05, 0) is 0 Å². The highest BCUT2D eigenvalue weighted by atomic mass is 32.4. The molecule has 0 spiro atoms. The minimum absolute atomic E-state index is 0.127. The van der Waals surface area contributed by atoms with Crippen LogP contribution in [0, 0.1) is 0 Å². The first-order chi connectivity index (χ1) is 25.5. The van der Waals surface area contributed by atoms with E-state index >= 15 is 17.1 Å². The maximum Gasteiger partial charge on any atom is 0.329 e. The van der Waals surface area contributed by atoms with Crippen LogP contribution in [0.15, 0.2) is 97.1 Å². The third kappa shape index (κ3) is 4.08. The van der Waals surface area contributed by atoms with Crippen molar-refractivity contribution < 1.29 is 17.1 Å². The minimum atomic E-state index is -6.65. The second-order valence-corrected chi connectivity index (χ2v) is 20.2. The fourth-order valence-corrected chi connectivity index (χ4v) is 13.3. The molecule has 8 bridgehead atoms. The molecule has 3 aromatic heterocycles. The Morgan fingerprint density at radius 3 is 1.23 bits per heavy atom. The van der Waals surface area contributed by atoms with Crippen LogP contribution in [0.2, 0.25) is 0 Å². The van der Waals surface area contributed by atoms with Crippen LogP contribution in [0.3, 0.4) is 0 Å². The highest BCUT2D eigenvalue weighted by molar-refractivity contribution is 8.60. The van der Waals surface area contributed by atoms with Gasteiger partial charge in [0.1, 0.15) is 11.3 Å². The molecular formula is C40H34F4N8S. The Morgan fingerprint density at radius 2 is 0.868 bits per heavy atom. The number of benzene rings is 4. The molecule has 53 heavy (non-hydrogen) atoms. The lowest BCUT2D eigenvalue weighted by Crippen LogP contribution is -2.58. The molecule has 1 N–H and O–H groups in total. The molecule has 8 nitrogen and oxygen atoms in total. The van der Waals surface area contributed by atoms with Crippen LogP contribution in [0.1, 0.15) is 20.8 Å². The van der Waals surface area contributed by atoms with Crippen molar-refractivity contribution in [1.29, 1.82) is 0 Å². The van der Waals surface area contributed by atoms with Crippen molar-refractivity contribution in [1.82, 2.24) is 38.9 Å². The number of hydrogen-bond acceptors (Lipinski definition) is 6. The van der Waals surface area contributed by atoms with Gasteiger partial charge in [-0.3, -0.25) is 3.97 Å². The first kappa shape index (κ1) is 33.2. The van der Waals surface area contributed by atoms with E-state index in [1.807, 2.05) is 72.8 Å². The van der Waals surface area contributed by atoms with Crippen LogP contribution in [-0.2, 0) is 0 Å². The quantitative estimate of drug-likeness (QED) is 0.171. The molecule has 4 aromatic carbocycles. The Hall–Kier alpha value is -5.69. The van der Waals surface area contributed by atoms with E-state index in [-0.39, 0.29) is 22.9 Å². The molecule has 0 aliphatic carbocycles. The molecule has 0 atom stereocenters. The second-order valence-electron chi connectivity index (χ2n) is 13.5. The normalized spacial score (nSPS) is 14.2. The second kappa shape index (κ2) is 10.9. The summed E-state index contributed by atoms with van der Waals surface area (Å²) in [6, 6.07) is 29.2. The fourth-order valence-electron chi connectivity index (χ4n) is 8.11. The summed E-state index contributed by atoms with van der Waals surface area (Å²) in [5.41, 5.74) is 3.19. The number of halogens is 4. The molecule has 0 saturated carbocycles. The van der Waals surface area contributed by atoms with E-state index in [9.17, 15) is 0 Å². The van der Waals surface area contributed by atoms with E-state index in [1.54, 1.807) is 24.3 Å². The average Bonchev–Trinajstić information content (AvgIpc) is 3.93. The number of nitrogens with zero attached hydrogens (tertiary/aromatic N) is 7. The lowest BCUT2D eigenvalue weighted by Gasteiger charge is -2.74. The fraction of sp³-hybridized carbons (Fsp3) is 0.200. The van der Waals surface area contributed by atoms with E-state index in [1.165, 1.54) is 20.8 Å². The van der Waals surface area contributed by atoms with E-state index in [2.05, 4.69) is 4.98 Å². The molecule has 0 amide bonds. The zero-order chi connectivity index (χ0) is 36.8. The van der Waals surface area contributed by atoms with Gasteiger partial charge in [0.2, 0.25) is 0 Å². The Labute approximate surface area is 300 Å². The van der Waals surface area contributed by atoms with Crippen molar-refractivity contribution in [3.63, 3.8) is 0 Å². The summed E-state index contributed by atoms with van der Waals surface area (Å²) < 4.78 is 69.6. The predicted molar refractivity (Wildman–Crippen MR) is 206 cm³/mol. The van der Waals surface area contributed by atoms with Crippen molar-refractivity contribution in [2.24, 2.45) is 0 Å². The lowest BCUT2D eigenvalue weighted by atomic mass is 10.1. The van der Waals surface area contributed by atoms with Gasteiger partial charge in [-0.2, -0.15) is 12.7 Å². The van der Waals surface area contributed by atoms with E-state index in [0.29, 0.717) is 56.0 Å². The maximum atomic E-state index is 19.6. The molecule has 7 aromatic rings. The molecule has 268 valence electrons. The number of alkyl halides is 3. The Morgan fingerprint density at radius 1 is 0.528 bits per heavy atom. The largest absolute Gasteiger partial charge is 0.329 e. The number of hydrogen-bond donors (Lipinski definition) is 1. The van der Waals surface area contributed by atoms with Crippen LogP contribution >= 0.6 is 8.87 Å². The molecule has 2 aliphatic rings. The van der Waals surface area contributed by atoms with Crippen LogP contribution < -0.4 is 0 Å². The third-order valence-corrected chi connectivity index (χ3v) is 19.6. The monoisotopic (exact) mass is 734 g/mol. The molecule has 9 rings (SSSR count). The number of aromatic amines is 1. The molecule has 0 radical (unpaired) electrons. The van der Waals surface area contributed by atoms with Gasteiger partial charge in [0.15, 0.2) is 41.3 Å². The topological polar surface area (TPSA) is 98.1 Å². The Kier molecular flexibility index (Phi) is 6.83. The van der Waals surface area contributed by atoms with E-state index < -0.39 is 38.1 Å². The maximum absolute atomic E-state index is 19.6. The smallest absolute Gasteiger partial charge is 0.324 e. The van der Waals surface area contributed by atoms with Gasteiger partial charge in [-0.25, -0.2) is 34.3 Å². The summed E-state index contributed by atoms with van der Waals surface area (Å²) in [4.78, 5) is 33.1. The third-order valence-electron chi connectivity index (χ3n) is 11.5. The van der Waals surface area contributed by atoms with Crippen LogP contribution in [0.4, 0.5) is 17.1 Å². The van der Waals surface area contributed by atoms with Crippen molar-refractivity contribution in [3.8, 4) is 45.6 Å². The highest BCUT2D eigenvalue weighted by Gasteiger charge is 2.76. The SMILES string of the molecule is CCS(F)(CC)(CC)(n1c2nc3nc(nc4[nH]c(nc5nc(nc1c1ccccc12)-c1ccccc1-5)c1ccccc41)-c1ccccc1-3)C(F)(F)CF. The van der Waals surface area contributed by atoms with Gasteiger partial charge in [0.25, 0.3) is 0 Å².